The molecule has 1 N–H and O–H groups in total. The molecule has 0 aliphatic rings. The summed E-state index contributed by atoms with van der Waals surface area (Å²) in [6.07, 6.45) is 0. The van der Waals surface area contributed by atoms with E-state index in [-0.39, 0.29) is 10.7 Å². The van der Waals surface area contributed by atoms with E-state index in [1.54, 1.807) is 6.92 Å². The fourth-order valence-corrected chi connectivity index (χ4v) is 2.39. The first-order valence-corrected chi connectivity index (χ1v) is 5.73. The van der Waals surface area contributed by atoms with Gasteiger partial charge in [-0.25, -0.2) is 9.78 Å². The molecular formula is C11H6Cl3NO2. The van der Waals surface area contributed by atoms with Crippen molar-refractivity contribution in [3.63, 3.8) is 0 Å². The SMILES string of the molecule is Cc1cc(C(=O)O)nc2c(Cl)cc(Cl)c(Cl)c12. The average Bonchev–Trinajstić information content (AvgIpc) is 2.25. The van der Waals surface area contributed by atoms with Crippen molar-refractivity contribution >= 4 is 51.7 Å². The molecule has 88 valence electrons. The molecule has 0 aliphatic carbocycles. The summed E-state index contributed by atoms with van der Waals surface area (Å²) in [6, 6.07) is 2.88. The second-order valence-electron chi connectivity index (χ2n) is 3.51. The summed E-state index contributed by atoms with van der Waals surface area (Å²) in [5.74, 6) is -1.11. The highest BCUT2D eigenvalue weighted by Gasteiger charge is 2.15. The monoisotopic (exact) mass is 289 g/mol. The van der Waals surface area contributed by atoms with Gasteiger partial charge in [0.1, 0.15) is 5.69 Å². The lowest BCUT2D eigenvalue weighted by atomic mass is 10.1. The van der Waals surface area contributed by atoms with E-state index in [0.717, 1.165) is 0 Å². The van der Waals surface area contributed by atoms with Gasteiger partial charge in [0.2, 0.25) is 0 Å². The Morgan fingerprint density at radius 1 is 1.24 bits per heavy atom. The Balaban J connectivity index is 2.95. The zero-order chi connectivity index (χ0) is 12.7. The van der Waals surface area contributed by atoms with E-state index < -0.39 is 5.97 Å². The Hall–Kier alpha value is -1.03. The van der Waals surface area contributed by atoms with Crippen LogP contribution in [-0.2, 0) is 0 Å². The van der Waals surface area contributed by atoms with E-state index in [2.05, 4.69) is 4.98 Å². The summed E-state index contributed by atoms with van der Waals surface area (Å²) in [6.45, 7) is 1.73. The molecule has 0 amide bonds. The van der Waals surface area contributed by atoms with Crippen molar-refractivity contribution in [1.82, 2.24) is 4.98 Å². The van der Waals surface area contributed by atoms with Crippen molar-refractivity contribution < 1.29 is 9.90 Å². The first-order chi connectivity index (χ1) is 7.91. The Morgan fingerprint density at radius 3 is 2.47 bits per heavy atom. The molecule has 0 atom stereocenters. The fourth-order valence-electron chi connectivity index (χ4n) is 1.59. The summed E-state index contributed by atoms with van der Waals surface area (Å²) in [5, 5.41) is 10.4. The van der Waals surface area contributed by atoms with Crippen molar-refractivity contribution in [3.8, 4) is 0 Å². The van der Waals surface area contributed by atoms with Crippen LogP contribution in [0, 0.1) is 6.92 Å². The second-order valence-corrected chi connectivity index (χ2v) is 4.70. The number of pyridine rings is 1. The maximum atomic E-state index is 10.9. The molecule has 0 spiro atoms. The average molecular weight is 291 g/mol. The highest BCUT2D eigenvalue weighted by atomic mass is 35.5. The number of aromatic nitrogens is 1. The van der Waals surface area contributed by atoms with Crippen LogP contribution in [0.4, 0.5) is 0 Å². The smallest absolute Gasteiger partial charge is 0.354 e. The molecular weight excluding hydrogens is 284 g/mol. The van der Waals surface area contributed by atoms with Gasteiger partial charge in [0.15, 0.2) is 0 Å². The zero-order valence-corrected chi connectivity index (χ0v) is 10.9. The molecule has 0 radical (unpaired) electrons. The minimum atomic E-state index is -1.11. The number of carboxylic acid groups (broad SMARTS) is 1. The zero-order valence-electron chi connectivity index (χ0n) is 8.59. The van der Waals surface area contributed by atoms with Crippen LogP contribution in [0.2, 0.25) is 15.1 Å². The third-order valence-corrected chi connectivity index (χ3v) is 3.42. The number of hydrogen-bond donors (Lipinski definition) is 1. The van der Waals surface area contributed by atoms with Gasteiger partial charge in [-0.05, 0) is 24.6 Å². The fraction of sp³-hybridized carbons (Fsp3) is 0.0909. The van der Waals surface area contributed by atoms with Gasteiger partial charge in [-0.3, -0.25) is 0 Å². The molecule has 1 aromatic heterocycles. The molecule has 1 heterocycles. The molecule has 0 unspecified atom stereocenters. The first kappa shape index (κ1) is 12.4. The highest BCUT2D eigenvalue weighted by molar-refractivity contribution is 6.47. The van der Waals surface area contributed by atoms with Crippen LogP contribution in [0.25, 0.3) is 10.9 Å². The van der Waals surface area contributed by atoms with Crippen LogP contribution in [-0.4, -0.2) is 16.1 Å². The Labute approximate surface area is 112 Å². The molecule has 2 aromatic rings. The molecule has 0 saturated carbocycles. The summed E-state index contributed by atoms with van der Waals surface area (Å²) >= 11 is 17.9. The van der Waals surface area contributed by atoms with Crippen molar-refractivity contribution in [2.45, 2.75) is 6.92 Å². The summed E-state index contributed by atoms with van der Waals surface area (Å²) in [5.41, 5.74) is 0.940. The lowest BCUT2D eigenvalue weighted by molar-refractivity contribution is 0.0691. The topological polar surface area (TPSA) is 50.2 Å². The highest BCUT2D eigenvalue weighted by Crippen LogP contribution is 2.36. The van der Waals surface area contributed by atoms with E-state index in [0.29, 0.717) is 26.5 Å². The van der Waals surface area contributed by atoms with Gasteiger partial charge in [0.05, 0.1) is 20.6 Å². The number of aryl methyl sites for hydroxylation is 1. The van der Waals surface area contributed by atoms with Gasteiger partial charge < -0.3 is 5.11 Å². The van der Waals surface area contributed by atoms with Crippen molar-refractivity contribution in [2.24, 2.45) is 0 Å². The number of hydrogen-bond acceptors (Lipinski definition) is 2. The van der Waals surface area contributed by atoms with Crippen LogP contribution in [0.1, 0.15) is 16.1 Å². The standard InChI is InChI=1S/C11H6Cl3NO2/c1-4-2-7(11(16)17)15-10-6(13)3-5(12)9(14)8(4)10/h2-3H,1H3,(H,16,17). The molecule has 0 fully saturated rings. The van der Waals surface area contributed by atoms with Crippen LogP contribution in [0.5, 0.6) is 0 Å². The van der Waals surface area contributed by atoms with Crippen LogP contribution in [0.3, 0.4) is 0 Å². The Morgan fingerprint density at radius 2 is 1.88 bits per heavy atom. The predicted molar refractivity (Wildman–Crippen MR) is 68.5 cm³/mol. The van der Waals surface area contributed by atoms with Gasteiger partial charge in [-0.15, -0.1) is 0 Å². The number of rotatable bonds is 1. The molecule has 1 aromatic carbocycles. The van der Waals surface area contributed by atoms with Gasteiger partial charge in [-0.1, -0.05) is 34.8 Å². The number of aromatic carboxylic acids is 1. The summed E-state index contributed by atoms with van der Waals surface area (Å²) in [7, 11) is 0. The lowest BCUT2D eigenvalue weighted by Crippen LogP contribution is -2.02. The normalized spacial score (nSPS) is 10.8. The number of fused-ring (bicyclic) bond motifs is 1. The largest absolute Gasteiger partial charge is 0.477 e. The molecule has 17 heavy (non-hydrogen) atoms. The Kier molecular flexibility index (Phi) is 3.17. The predicted octanol–water partition coefficient (Wildman–Crippen LogP) is 4.20. The number of carboxylic acids is 1. The molecule has 0 aliphatic heterocycles. The minimum Gasteiger partial charge on any atom is -0.477 e. The number of nitrogens with zero attached hydrogens (tertiary/aromatic N) is 1. The third-order valence-electron chi connectivity index (χ3n) is 2.34. The Bertz CT molecular complexity index is 640. The van der Waals surface area contributed by atoms with E-state index in [1.807, 2.05) is 0 Å². The molecule has 0 saturated heterocycles. The first-order valence-electron chi connectivity index (χ1n) is 4.60. The summed E-state index contributed by atoms with van der Waals surface area (Å²) in [4.78, 5) is 14.9. The van der Waals surface area contributed by atoms with Crippen molar-refractivity contribution in [3.05, 3.63) is 38.5 Å². The number of benzene rings is 1. The van der Waals surface area contributed by atoms with Gasteiger partial charge in [0, 0.05) is 5.39 Å². The van der Waals surface area contributed by atoms with Crippen LogP contribution >= 0.6 is 34.8 Å². The van der Waals surface area contributed by atoms with Crippen molar-refractivity contribution in [2.75, 3.05) is 0 Å². The minimum absolute atomic E-state index is 0.0738. The van der Waals surface area contributed by atoms with Crippen LogP contribution in [0.15, 0.2) is 12.1 Å². The number of carbonyl (C=O) groups is 1. The number of halogens is 3. The van der Waals surface area contributed by atoms with Crippen LogP contribution < -0.4 is 0 Å². The lowest BCUT2D eigenvalue weighted by Gasteiger charge is -2.08. The van der Waals surface area contributed by atoms with E-state index in [1.165, 1.54) is 12.1 Å². The maximum absolute atomic E-state index is 10.9. The van der Waals surface area contributed by atoms with Gasteiger partial charge >= 0.3 is 5.97 Å². The summed E-state index contributed by atoms with van der Waals surface area (Å²) < 4.78 is 0. The van der Waals surface area contributed by atoms with E-state index >= 15 is 0 Å². The maximum Gasteiger partial charge on any atom is 0.354 e. The molecule has 2 rings (SSSR count). The van der Waals surface area contributed by atoms with Gasteiger partial charge in [0.25, 0.3) is 0 Å². The van der Waals surface area contributed by atoms with E-state index in [9.17, 15) is 4.79 Å². The molecule has 0 bridgehead atoms. The van der Waals surface area contributed by atoms with Gasteiger partial charge in [-0.2, -0.15) is 0 Å². The van der Waals surface area contributed by atoms with E-state index in [4.69, 9.17) is 39.9 Å². The van der Waals surface area contributed by atoms with Crippen molar-refractivity contribution in [1.29, 1.82) is 0 Å². The third kappa shape index (κ3) is 2.06. The quantitative estimate of drug-likeness (QED) is 0.801. The second kappa shape index (κ2) is 4.33. The molecule has 6 heteroatoms. The molecule has 3 nitrogen and oxygen atoms in total.